The molecule has 2 heterocycles. The van der Waals surface area contributed by atoms with Crippen LogP contribution in [0.3, 0.4) is 0 Å². The lowest BCUT2D eigenvalue weighted by Crippen LogP contribution is -2.31. The summed E-state index contributed by atoms with van der Waals surface area (Å²) in [5.74, 6) is 0.539. The molecule has 158 valence electrons. The number of aromatic nitrogens is 2. The van der Waals surface area contributed by atoms with Crippen molar-refractivity contribution in [2.45, 2.75) is 11.9 Å². The van der Waals surface area contributed by atoms with Crippen molar-refractivity contribution in [3.05, 3.63) is 96.3 Å². The van der Waals surface area contributed by atoms with Crippen LogP contribution in [0.2, 0.25) is 0 Å². The van der Waals surface area contributed by atoms with E-state index in [1.807, 2.05) is 88.8 Å². The molecule has 0 spiro atoms. The van der Waals surface area contributed by atoms with Gasteiger partial charge in [0, 0.05) is 5.69 Å². The quantitative estimate of drug-likeness (QED) is 0.297. The predicted molar refractivity (Wildman–Crippen MR) is 129 cm³/mol. The Morgan fingerprint density at radius 3 is 2.41 bits per heavy atom. The fourth-order valence-corrected chi connectivity index (χ4v) is 4.36. The Bertz CT molecular complexity index is 1460. The molecule has 1 N–H and O–H groups in total. The van der Waals surface area contributed by atoms with E-state index >= 15 is 0 Å². The topological polar surface area (TPSA) is 47.4 Å². The van der Waals surface area contributed by atoms with Crippen LogP contribution in [-0.2, 0) is 0 Å². The number of ether oxygens (including phenoxy) is 1. The second-order valence-electron chi connectivity index (χ2n) is 7.62. The maximum absolute atomic E-state index is 13.4. The molecule has 0 aliphatic rings. The van der Waals surface area contributed by atoms with Crippen LogP contribution < -0.4 is 14.5 Å². The van der Waals surface area contributed by atoms with Crippen LogP contribution in [0, 0.1) is 6.92 Å². The third kappa shape index (κ3) is 3.39. The SMILES string of the molecule is COc1ccc(-n2c(S)c(C(=O)Nc3ccc(C)cc3)[n+]3ccc4ccccc4c23)cc1. The third-order valence-corrected chi connectivity index (χ3v) is 5.98. The van der Waals surface area contributed by atoms with E-state index < -0.39 is 0 Å². The zero-order chi connectivity index (χ0) is 22.2. The Morgan fingerprint density at radius 1 is 0.969 bits per heavy atom. The zero-order valence-corrected chi connectivity index (χ0v) is 18.6. The summed E-state index contributed by atoms with van der Waals surface area (Å²) in [6.07, 6.45) is 1.92. The Hall–Kier alpha value is -3.77. The van der Waals surface area contributed by atoms with Crippen LogP contribution in [0.25, 0.3) is 22.1 Å². The van der Waals surface area contributed by atoms with Gasteiger partial charge < -0.3 is 10.1 Å². The molecule has 3 aromatic carbocycles. The zero-order valence-electron chi connectivity index (χ0n) is 17.7. The standard InChI is InChI=1S/C26H21N3O2S/c1-17-7-9-19(10-8-17)27-24(30)23-26(32)29(20-11-13-21(31-2)14-12-20)25-22-6-4-3-5-18(22)15-16-28(23)25/h3-16H,1-2H3,(H-,27,30,32)/p+1. The number of nitrogens with one attached hydrogen (secondary N) is 1. The molecule has 0 aliphatic heterocycles. The average Bonchev–Trinajstić information content (AvgIpc) is 3.13. The van der Waals surface area contributed by atoms with Crippen molar-refractivity contribution >= 4 is 40.6 Å². The summed E-state index contributed by atoms with van der Waals surface area (Å²) in [4.78, 5) is 13.4. The molecule has 5 nitrogen and oxygen atoms in total. The molecule has 0 saturated carbocycles. The maximum atomic E-state index is 13.4. The first kappa shape index (κ1) is 20.2. The largest absolute Gasteiger partial charge is 0.497 e. The smallest absolute Gasteiger partial charge is 0.301 e. The molecule has 0 fully saturated rings. The molecule has 0 unspecified atom stereocenters. The van der Waals surface area contributed by atoms with Crippen molar-refractivity contribution in [1.29, 1.82) is 0 Å². The van der Waals surface area contributed by atoms with Gasteiger partial charge in [-0.25, -0.2) is 0 Å². The number of rotatable bonds is 4. The second kappa shape index (κ2) is 8.05. The maximum Gasteiger partial charge on any atom is 0.301 e. The number of thiol groups is 1. The van der Waals surface area contributed by atoms with Gasteiger partial charge >= 0.3 is 11.6 Å². The van der Waals surface area contributed by atoms with Gasteiger partial charge in [0.1, 0.15) is 11.4 Å². The van der Waals surface area contributed by atoms with Gasteiger partial charge in [-0.05, 0) is 60.8 Å². The molecule has 5 aromatic rings. The first-order valence-electron chi connectivity index (χ1n) is 10.3. The molecular weight excluding hydrogens is 418 g/mol. The Balaban J connectivity index is 1.74. The van der Waals surface area contributed by atoms with Crippen molar-refractivity contribution in [2.24, 2.45) is 0 Å². The summed E-state index contributed by atoms with van der Waals surface area (Å²) in [7, 11) is 1.64. The molecule has 0 atom stereocenters. The van der Waals surface area contributed by atoms with E-state index in [2.05, 4.69) is 17.4 Å². The predicted octanol–water partition coefficient (Wildman–Crippen LogP) is 5.23. The number of anilines is 1. The molecule has 0 bridgehead atoms. The van der Waals surface area contributed by atoms with Gasteiger partial charge in [-0.2, -0.15) is 8.97 Å². The van der Waals surface area contributed by atoms with Gasteiger partial charge in [0.25, 0.3) is 5.69 Å². The highest BCUT2D eigenvalue weighted by molar-refractivity contribution is 7.80. The lowest BCUT2D eigenvalue weighted by Gasteiger charge is -2.04. The number of pyridine rings is 1. The summed E-state index contributed by atoms with van der Waals surface area (Å²) in [6.45, 7) is 2.01. The van der Waals surface area contributed by atoms with Crippen molar-refractivity contribution in [3.8, 4) is 11.4 Å². The molecular formula is C26H22N3O2S+. The molecule has 32 heavy (non-hydrogen) atoms. The summed E-state index contributed by atoms with van der Waals surface area (Å²) in [5, 5.41) is 5.67. The minimum Gasteiger partial charge on any atom is -0.497 e. The van der Waals surface area contributed by atoms with E-state index in [1.54, 1.807) is 7.11 Å². The first-order chi connectivity index (χ1) is 15.6. The van der Waals surface area contributed by atoms with Gasteiger partial charge in [0.05, 0.1) is 18.7 Å². The summed E-state index contributed by atoms with van der Waals surface area (Å²) >= 11 is 4.83. The normalized spacial score (nSPS) is 11.1. The van der Waals surface area contributed by atoms with Crippen LogP contribution >= 0.6 is 12.6 Å². The Labute approximate surface area is 191 Å². The number of aryl methyl sites for hydroxylation is 1. The fraction of sp³-hybridized carbons (Fsp3) is 0.0769. The summed E-state index contributed by atoms with van der Waals surface area (Å²) < 4.78 is 9.21. The minimum absolute atomic E-state index is 0.226. The summed E-state index contributed by atoms with van der Waals surface area (Å²) in [6, 6.07) is 25.6. The Kier molecular flexibility index (Phi) is 5.07. The van der Waals surface area contributed by atoms with E-state index in [9.17, 15) is 4.79 Å². The van der Waals surface area contributed by atoms with Crippen molar-refractivity contribution in [3.63, 3.8) is 0 Å². The second-order valence-corrected chi connectivity index (χ2v) is 8.05. The number of hydrogen-bond acceptors (Lipinski definition) is 3. The molecule has 0 aliphatic carbocycles. The van der Waals surface area contributed by atoms with E-state index in [4.69, 9.17) is 17.4 Å². The number of fused-ring (bicyclic) bond motifs is 3. The number of amides is 1. The third-order valence-electron chi connectivity index (χ3n) is 5.56. The number of nitrogens with zero attached hydrogens (tertiary/aromatic N) is 2. The highest BCUT2D eigenvalue weighted by Gasteiger charge is 2.31. The fourth-order valence-electron chi connectivity index (χ4n) is 3.94. The first-order valence-corrected chi connectivity index (χ1v) is 10.7. The van der Waals surface area contributed by atoms with Gasteiger partial charge in [-0.3, -0.25) is 4.79 Å². The number of imidazole rings is 1. The van der Waals surface area contributed by atoms with Crippen LogP contribution in [0.5, 0.6) is 5.75 Å². The average molecular weight is 441 g/mol. The van der Waals surface area contributed by atoms with Crippen LogP contribution in [-0.4, -0.2) is 17.6 Å². The lowest BCUT2D eigenvalue weighted by molar-refractivity contribution is -0.513. The van der Waals surface area contributed by atoms with Gasteiger partial charge in [-0.1, -0.05) is 48.5 Å². The van der Waals surface area contributed by atoms with Crippen molar-refractivity contribution in [2.75, 3.05) is 12.4 Å². The number of hydrogen-bond donors (Lipinski definition) is 2. The monoisotopic (exact) mass is 440 g/mol. The highest BCUT2D eigenvalue weighted by Crippen LogP contribution is 2.28. The van der Waals surface area contributed by atoms with Gasteiger partial charge in [0.2, 0.25) is 5.03 Å². The van der Waals surface area contributed by atoms with E-state index in [0.29, 0.717) is 10.7 Å². The van der Waals surface area contributed by atoms with Crippen LogP contribution in [0.1, 0.15) is 16.1 Å². The number of benzene rings is 3. The van der Waals surface area contributed by atoms with Crippen molar-refractivity contribution in [1.82, 2.24) is 4.57 Å². The van der Waals surface area contributed by atoms with Crippen molar-refractivity contribution < 1.29 is 13.9 Å². The van der Waals surface area contributed by atoms with E-state index in [-0.39, 0.29) is 5.91 Å². The molecule has 6 heteroatoms. The number of methoxy groups -OCH3 is 1. The van der Waals surface area contributed by atoms with E-state index in [0.717, 1.165) is 39.1 Å². The molecule has 1 amide bonds. The number of carbonyl (C=O) groups excluding carboxylic acids is 1. The summed E-state index contributed by atoms with van der Waals surface area (Å²) in [5.41, 5.74) is 4.09. The lowest BCUT2D eigenvalue weighted by atomic mass is 10.1. The van der Waals surface area contributed by atoms with Gasteiger partial charge in [0.15, 0.2) is 0 Å². The minimum atomic E-state index is -0.226. The van der Waals surface area contributed by atoms with Gasteiger partial charge in [-0.15, -0.1) is 0 Å². The molecule has 5 rings (SSSR count). The van der Waals surface area contributed by atoms with E-state index in [1.165, 1.54) is 0 Å². The van der Waals surface area contributed by atoms with Crippen LogP contribution in [0.15, 0.2) is 90.1 Å². The Morgan fingerprint density at radius 2 is 1.69 bits per heavy atom. The number of carbonyl (C=O) groups is 1. The van der Waals surface area contributed by atoms with Crippen LogP contribution in [0.4, 0.5) is 5.69 Å². The molecule has 0 saturated heterocycles. The highest BCUT2D eigenvalue weighted by atomic mass is 32.1. The molecule has 2 aromatic heterocycles. The molecule has 0 radical (unpaired) electrons.